The number of anilines is 1. The first kappa shape index (κ1) is 15.2. The number of fused-ring (bicyclic) bond motifs is 1. The molecule has 2 heterocycles. The maximum Gasteiger partial charge on any atom is 0.294 e. The number of halogens is 1. The van der Waals surface area contributed by atoms with Gasteiger partial charge in [-0.2, -0.15) is 0 Å². The minimum Gasteiger partial charge on any atom is -0.495 e. The van der Waals surface area contributed by atoms with Gasteiger partial charge in [-0.1, -0.05) is 6.07 Å². The molecule has 0 unspecified atom stereocenters. The Morgan fingerprint density at radius 3 is 2.73 bits per heavy atom. The summed E-state index contributed by atoms with van der Waals surface area (Å²) in [5, 5.41) is 0. The molecule has 1 aromatic heterocycles. The van der Waals surface area contributed by atoms with Gasteiger partial charge in [0.1, 0.15) is 5.75 Å². The second-order valence-corrected chi connectivity index (χ2v) is 6.32. The van der Waals surface area contributed by atoms with Crippen molar-refractivity contribution in [1.29, 1.82) is 0 Å². The number of furan rings is 1. The average molecular weight is 364 g/mol. The van der Waals surface area contributed by atoms with Crippen LogP contribution in [0.1, 0.15) is 33.7 Å². The summed E-state index contributed by atoms with van der Waals surface area (Å²) in [6.45, 7) is 4.62. The molecule has 0 saturated carbocycles. The number of ether oxygens (including phenoxy) is 1. The second kappa shape index (κ2) is 5.80. The molecule has 116 valence electrons. The molecule has 0 atom stereocenters. The number of aryl methyl sites for hydroxylation is 2. The summed E-state index contributed by atoms with van der Waals surface area (Å²) in [7, 11) is 1.64. The number of benzene rings is 1. The summed E-state index contributed by atoms with van der Waals surface area (Å²) in [5.74, 6) is 0.994. The third-order valence-corrected chi connectivity index (χ3v) is 4.50. The van der Waals surface area contributed by atoms with Crippen molar-refractivity contribution in [3.05, 3.63) is 45.3 Å². The molecular formula is C17H18BrNO3. The largest absolute Gasteiger partial charge is 0.495 e. The highest BCUT2D eigenvalue weighted by Crippen LogP contribution is 2.39. The molecule has 2 aromatic rings. The molecule has 0 aliphatic carbocycles. The van der Waals surface area contributed by atoms with Gasteiger partial charge in [0.25, 0.3) is 5.91 Å². The maximum absolute atomic E-state index is 12.9. The van der Waals surface area contributed by atoms with Crippen molar-refractivity contribution in [3.8, 4) is 5.75 Å². The lowest BCUT2D eigenvalue weighted by molar-refractivity contribution is 0.0955. The lowest BCUT2D eigenvalue weighted by atomic mass is 9.96. The summed E-state index contributed by atoms with van der Waals surface area (Å²) >= 11 is 3.28. The number of hydrogen-bond donors (Lipinski definition) is 0. The van der Waals surface area contributed by atoms with Crippen molar-refractivity contribution in [1.82, 2.24) is 0 Å². The van der Waals surface area contributed by atoms with Crippen LogP contribution in [0, 0.1) is 13.8 Å². The van der Waals surface area contributed by atoms with Crippen LogP contribution >= 0.6 is 15.9 Å². The standard InChI is InChI=1S/C17H18BrNO3/c1-10-6-7-13(21-3)15-12(10)5-4-8-19(15)17(20)16-11(2)9-14(18)22-16/h6-7,9H,4-5,8H2,1-3H3. The van der Waals surface area contributed by atoms with Crippen LogP contribution < -0.4 is 9.64 Å². The molecule has 0 bridgehead atoms. The van der Waals surface area contributed by atoms with Gasteiger partial charge in [-0.15, -0.1) is 0 Å². The van der Waals surface area contributed by atoms with Gasteiger partial charge in [0.05, 0.1) is 12.8 Å². The minimum absolute atomic E-state index is 0.118. The number of carbonyl (C=O) groups is 1. The lowest BCUT2D eigenvalue weighted by Crippen LogP contribution is -2.36. The van der Waals surface area contributed by atoms with Gasteiger partial charge >= 0.3 is 0 Å². The van der Waals surface area contributed by atoms with Crippen molar-refractivity contribution < 1.29 is 13.9 Å². The first-order chi connectivity index (χ1) is 10.5. The van der Waals surface area contributed by atoms with Crippen molar-refractivity contribution in [2.75, 3.05) is 18.6 Å². The zero-order valence-electron chi connectivity index (χ0n) is 12.9. The molecular weight excluding hydrogens is 346 g/mol. The summed E-state index contributed by atoms with van der Waals surface area (Å²) in [4.78, 5) is 14.7. The minimum atomic E-state index is -0.118. The highest BCUT2D eigenvalue weighted by atomic mass is 79.9. The molecule has 4 nitrogen and oxygen atoms in total. The SMILES string of the molecule is COc1ccc(C)c2c1N(C(=O)c1oc(Br)cc1C)CCC2. The van der Waals surface area contributed by atoms with Crippen LogP contribution in [-0.2, 0) is 6.42 Å². The molecule has 0 fully saturated rings. The van der Waals surface area contributed by atoms with E-state index in [1.807, 2.05) is 25.1 Å². The van der Waals surface area contributed by atoms with Gasteiger partial charge in [-0.05, 0) is 65.9 Å². The van der Waals surface area contributed by atoms with Gasteiger partial charge < -0.3 is 14.1 Å². The van der Waals surface area contributed by atoms with Gasteiger partial charge in [0.2, 0.25) is 0 Å². The van der Waals surface area contributed by atoms with Crippen LogP contribution in [0.3, 0.4) is 0 Å². The predicted octanol–water partition coefficient (Wildman–Crippen LogP) is 4.26. The fraction of sp³-hybridized carbons (Fsp3) is 0.353. The molecule has 1 aliphatic rings. The van der Waals surface area contributed by atoms with E-state index in [4.69, 9.17) is 9.15 Å². The summed E-state index contributed by atoms with van der Waals surface area (Å²) in [5.41, 5.74) is 4.08. The third-order valence-electron chi connectivity index (χ3n) is 4.11. The predicted molar refractivity (Wildman–Crippen MR) is 88.9 cm³/mol. The number of hydrogen-bond acceptors (Lipinski definition) is 3. The molecule has 5 heteroatoms. The summed E-state index contributed by atoms with van der Waals surface area (Å²) in [6, 6.07) is 5.77. The highest BCUT2D eigenvalue weighted by molar-refractivity contribution is 9.10. The monoisotopic (exact) mass is 363 g/mol. The molecule has 3 rings (SSSR count). The Morgan fingerprint density at radius 1 is 1.32 bits per heavy atom. The first-order valence-corrected chi connectivity index (χ1v) is 8.06. The van der Waals surface area contributed by atoms with E-state index < -0.39 is 0 Å². The molecule has 0 spiro atoms. The van der Waals surface area contributed by atoms with E-state index in [1.165, 1.54) is 11.1 Å². The Balaban J connectivity index is 2.10. The lowest BCUT2D eigenvalue weighted by Gasteiger charge is -2.31. The Hall–Kier alpha value is -1.75. The first-order valence-electron chi connectivity index (χ1n) is 7.27. The van der Waals surface area contributed by atoms with Gasteiger partial charge in [0.15, 0.2) is 10.4 Å². The van der Waals surface area contributed by atoms with Crippen LogP contribution in [0.5, 0.6) is 5.75 Å². The fourth-order valence-corrected chi connectivity index (χ4v) is 3.50. The average Bonchev–Trinajstić information content (AvgIpc) is 2.85. The van der Waals surface area contributed by atoms with E-state index in [1.54, 1.807) is 12.0 Å². The highest BCUT2D eigenvalue weighted by Gasteiger charge is 2.30. The van der Waals surface area contributed by atoms with E-state index in [0.29, 0.717) is 17.0 Å². The zero-order valence-corrected chi connectivity index (χ0v) is 14.5. The number of amides is 1. The van der Waals surface area contributed by atoms with E-state index in [-0.39, 0.29) is 5.91 Å². The fourth-order valence-electron chi connectivity index (χ4n) is 3.00. The van der Waals surface area contributed by atoms with Crippen molar-refractivity contribution in [2.45, 2.75) is 26.7 Å². The molecule has 0 radical (unpaired) electrons. The number of rotatable bonds is 2. The quantitative estimate of drug-likeness (QED) is 0.800. The number of nitrogens with zero attached hydrogens (tertiary/aromatic N) is 1. The summed E-state index contributed by atoms with van der Waals surface area (Å²) in [6.07, 6.45) is 1.90. The Kier molecular flexibility index (Phi) is 4.00. The van der Waals surface area contributed by atoms with Crippen LogP contribution in [-0.4, -0.2) is 19.6 Å². The molecule has 1 aliphatic heterocycles. The van der Waals surface area contributed by atoms with Gasteiger partial charge in [-0.25, -0.2) is 0 Å². The smallest absolute Gasteiger partial charge is 0.294 e. The molecule has 1 amide bonds. The van der Waals surface area contributed by atoms with Crippen LogP contribution in [0.25, 0.3) is 0 Å². The maximum atomic E-state index is 12.9. The zero-order chi connectivity index (χ0) is 15.9. The van der Waals surface area contributed by atoms with E-state index in [9.17, 15) is 4.79 Å². The molecule has 1 aromatic carbocycles. The Bertz CT molecular complexity index is 736. The third kappa shape index (κ3) is 2.43. The van der Waals surface area contributed by atoms with E-state index in [0.717, 1.165) is 29.8 Å². The Labute approximate surface area is 138 Å². The second-order valence-electron chi connectivity index (χ2n) is 5.53. The van der Waals surface area contributed by atoms with Crippen molar-refractivity contribution in [2.24, 2.45) is 0 Å². The summed E-state index contributed by atoms with van der Waals surface area (Å²) < 4.78 is 11.6. The van der Waals surface area contributed by atoms with Gasteiger partial charge in [0, 0.05) is 12.1 Å². The Morgan fingerprint density at radius 2 is 2.09 bits per heavy atom. The van der Waals surface area contributed by atoms with Crippen molar-refractivity contribution in [3.63, 3.8) is 0 Å². The molecule has 0 saturated heterocycles. The molecule has 22 heavy (non-hydrogen) atoms. The van der Waals surface area contributed by atoms with Crippen LogP contribution in [0.15, 0.2) is 27.3 Å². The van der Waals surface area contributed by atoms with Crippen LogP contribution in [0.2, 0.25) is 0 Å². The topological polar surface area (TPSA) is 42.7 Å². The molecule has 0 N–H and O–H groups in total. The normalized spacial score (nSPS) is 13.9. The van der Waals surface area contributed by atoms with E-state index in [2.05, 4.69) is 22.9 Å². The van der Waals surface area contributed by atoms with Crippen LogP contribution in [0.4, 0.5) is 5.69 Å². The van der Waals surface area contributed by atoms with Crippen molar-refractivity contribution >= 4 is 27.5 Å². The van der Waals surface area contributed by atoms with Gasteiger partial charge in [-0.3, -0.25) is 4.79 Å². The number of carbonyl (C=O) groups excluding carboxylic acids is 1. The van der Waals surface area contributed by atoms with E-state index >= 15 is 0 Å². The number of methoxy groups -OCH3 is 1.